The molecule has 1 heterocycles. The lowest BCUT2D eigenvalue weighted by Gasteiger charge is -2.09. The van der Waals surface area contributed by atoms with Crippen molar-refractivity contribution in [3.63, 3.8) is 0 Å². The molecular formula is C11H13N3O3. The first-order valence-corrected chi connectivity index (χ1v) is 5.19. The molecule has 0 aliphatic heterocycles. The molecular weight excluding hydrogens is 222 g/mol. The molecule has 0 fully saturated rings. The highest BCUT2D eigenvalue weighted by atomic mass is 16.4. The number of carbonyl (C=O) groups excluding carboxylic acids is 1. The molecule has 0 spiro atoms. The molecule has 2 rings (SSSR count). The Morgan fingerprint density at radius 1 is 1.59 bits per heavy atom. The maximum absolute atomic E-state index is 11.3. The van der Waals surface area contributed by atoms with E-state index in [2.05, 4.69) is 10.3 Å². The maximum Gasteiger partial charge on any atom is 0.417 e. The number of likely N-dealkylation sites (N-methyl/N-ethyl adjacent to an activating group) is 1. The van der Waals surface area contributed by atoms with Gasteiger partial charge in [-0.25, -0.2) is 4.79 Å². The number of oxazole rings is 1. The number of amides is 1. The molecule has 0 radical (unpaired) electrons. The van der Waals surface area contributed by atoms with Gasteiger partial charge < -0.3 is 15.5 Å². The summed E-state index contributed by atoms with van der Waals surface area (Å²) in [6.45, 7) is 0. The van der Waals surface area contributed by atoms with Crippen molar-refractivity contribution in [3.8, 4) is 0 Å². The monoisotopic (exact) mass is 235 g/mol. The molecule has 0 bridgehead atoms. The fourth-order valence-electron chi connectivity index (χ4n) is 1.65. The summed E-state index contributed by atoms with van der Waals surface area (Å²) in [5.41, 5.74) is 7.64. The van der Waals surface area contributed by atoms with E-state index >= 15 is 0 Å². The highest BCUT2D eigenvalue weighted by Gasteiger charge is 2.12. The van der Waals surface area contributed by atoms with E-state index in [0.29, 0.717) is 17.5 Å². The van der Waals surface area contributed by atoms with Crippen molar-refractivity contribution >= 4 is 17.0 Å². The Hall–Kier alpha value is -2.08. The van der Waals surface area contributed by atoms with Crippen LogP contribution in [0, 0.1) is 0 Å². The number of aromatic amines is 1. The lowest BCUT2D eigenvalue weighted by atomic mass is 10.1. The van der Waals surface area contributed by atoms with E-state index < -0.39 is 11.8 Å². The molecule has 17 heavy (non-hydrogen) atoms. The molecule has 1 aromatic heterocycles. The standard InChI is InChI=1S/C11H13N3O3/c1-13-10(15)7(12)4-6-2-3-8-9(5-6)17-11(16)14-8/h2-3,5,7H,4,12H2,1H3,(H,13,15)(H,14,16). The third-order valence-corrected chi connectivity index (χ3v) is 2.52. The zero-order chi connectivity index (χ0) is 12.4. The number of H-pyrrole nitrogens is 1. The molecule has 1 unspecified atom stereocenters. The van der Waals surface area contributed by atoms with Crippen LogP contribution in [-0.2, 0) is 11.2 Å². The largest absolute Gasteiger partial charge is 0.417 e. The molecule has 90 valence electrons. The zero-order valence-corrected chi connectivity index (χ0v) is 9.32. The van der Waals surface area contributed by atoms with Crippen LogP contribution in [0.1, 0.15) is 5.56 Å². The fraction of sp³-hybridized carbons (Fsp3) is 0.273. The number of carbonyl (C=O) groups is 1. The molecule has 0 aliphatic carbocycles. The second kappa shape index (κ2) is 4.42. The maximum atomic E-state index is 11.3. The quantitative estimate of drug-likeness (QED) is 0.682. The molecule has 1 amide bonds. The number of nitrogens with two attached hydrogens (primary N) is 1. The SMILES string of the molecule is CNC(=O)C(N)Cc1ccc2[nH]c(=O)oc2c1. The van der Waals surface area contributed by atoms with Crippen LogP contribution in [0.25, 0.3) is 11.1 Å². The van der Waals surface area contributed by atoms with Crippen molar-refractivity contribution in [1.82, 2.24) is 10.3 Å². The summed E-state index contributed by atoms with van der Waals surface area (Å²) in [6.07, 6.45) is 0.393. The summed E-state index contributed by atoms with van der Waals surface area (Å²) in [5.74, 6) is -0.714. The Morgan fingerprint density at radius 3 is 3.06 bits per heavy atom. The average Bonchev–Trinajstić information content (AvgIpc) is 2.67. The summed E-state index contributed by atoms with van der Waals surface area (Å²) < 4.78 is 4.92. The van der Waals surface area contributed by atoms with Gasteiger partial charge in [-0.15, -0.1) is 0 Å². The number of hydrogen-bond acceptors (Lipinski definition) is 4. The van der Waals surface area contributed by atoms with Gasteiger partial charge in [-0.3, -0.25) is 9.78 Å². The predicted octanol–water partition coefficient (Wildman–Crippen LogP) is -0.263. The van der Waals surface area contributed by atoms with E-state index in [1.165, 1.54) is 7.05 Å². The van der Waals surface area contributed by atoms with Crippen LogP contribution >= 0.6 is 0 Å². The first kappa shape index (κ1) is 11.4. The Labute approximate surface area is 96.8 Å². The molecule has 1 atom stereocenters. The van der Waals surface area contributed by atoms with Gasteiger partial charge in [0, 0.05) is 7.05 Å². The third-order valence-electron chi connectivity index (χ3n) is 2.52. The molecule has 0 saturated carbocycles. The zero-order valence-electron chi connectivity index (χ0n) is 9.32. The van der Waals surface area contributed by atoms with Crippen molar-refractivity contribution < 1.29 is 9.21 Å². The van der Waals surface area contributed by atoms with Crippen LogP contribution in [-0.4, -0.2) is 24.0 Å². The van der Waals surface area contributed by atoms with Gasteiger partial charge in [-0.2, -0.15) is 0 Å². The van der Waals surface area contributed by atoms with E-state index in [-0.39, 0.29) is 5.91 Å². The van der Waals surface area contributed by atoms with Crippen molar-refractivity contribution in [3.05, 3.63) is 34.3 Å². The van der Waals surface area contributed by atoms with Crippen molar-refractivity contribution in [2.45, 2.75) is 12.5 Å². The smallest absolute Gasteiger partial charge is 0.408 e. The molecule has 0 aliphatic rings. The Morgan fingerprint density at radius 2 is 2.35 bits per heavy atom. The lowest BCUT2D eigenvalue weighted by molar-refractivity contribution is -0.121. The molecule has 2 aromatic rings. The molecule has 4 N–H and O–H groups in total. The van der Waals surface area contributed by atoms with E-state index in [1.807, 2.05) is 0 Å². The van der Waals surface area contributed by atoms with Gasteiger partial charge in [0.05, 0.1) is 11.6 Å². The van der Waals surface area contributed by atoms with E-state index in [0.717, 1.165) is 5.56 Å². The Kier molecular flexibility index (Phi) is 2.97. The van der Waals surface area contributed by atoms with Crippen molar-refractivity contribution in [1.29, 1.82) is 0 Å². The van der Waals surface area contributed by atoms with Crippen LogP contribution in [0.15, 0.2) is 27.4 Å². The fourth-order valence-corrected chi connectivity index (χ4v) is 1.65. The van der Waals surface area contributed by atoms with Gasteiger partial charge in [0.2, 0.25) is 5.91 Å². The lowest BCUT2D eigenvalue weighted by Crippen LogP contribution is -2.40. The number of fused-ring (bicyclic) bond motifs is 1. The number of benzene rings is 1. The highest BCUT2D eigenvalue weighted by molar-refractivity contribution is 5.81. The summed E-state index contributed by atoms with van der Waals surface area (Å²) in [7, 11) is 1.54. The average molecular weight is 235 g/mol. The number of aromatic nitrogens is 1. The van der Waals surface area contributed by atoms with Gasteiger partial charge in [0.15, 0.2) is 5.58 Å². The first-order valence-electron chi connectivity index (χ1n) is 5.19. The minimum Gasteiger partial charge on any atom is -0.408 e. The molecule has 6 heteroatoms. The van der Waals surface area contributed by atoms with Crippen molar-refractivity contribution in [2.24, 2.45) is 5.73 Å². The Bertz CT molecular complexity index is 599. The highest BCUT2D eigenvalue weighted by Crippen LogP contribution is 2.13. The van der Waals surface area contributed by atoms with E-state index in [9.17, 15) is 9.59 Å². The van der Waals surface area contributed by atoms with Gasteiger partial charge in [0.25, 0.3) is 0 Å². The second-order valence-electron chi connectivity index (χ2n) is 3.77. The van der Waals surface area contributed by atoms with Crippen LogP contribution in [0.2, 0.25) is 0 Å². The minimum atomic E-state index is -0.608. The topological polar surface area (TPSA) is 101 Å². The molecule has 6 nitrogen and oxygen atoms in total. The van der Waals surface area contributed by atoms with Crippen LogP contribution in [0.5, 0.6) is 0 Å². The molecule has 1 aromatic carbocycles. The van der Waals surface area contributed by atoms with Gasteiger partial charge >= 0.3 is 5.76 Å². The predicted molar refractivity (Wildman–Crippen MR) is 62.6 cm³/mol. The van der Waals surface area contributed by atoms with Crippen molar-refractivity contribution in [2.75, 3.05) is 7.05 Å². The van der Waals surface area contributed by atoms with Gasteiger partial charge in [0.1, 0.15) is 0 Å². The summed E-state index contributed by atoms with van der Waals surface area (Å²) in [4.78, 5) is 24.8. The van der Waals surface area contributed by atoms with E-state index in [1.54, 1.807) is 18.2 Å². The van der Waals surface area contributed by atoms with Gasteiger partial charge in [-0.05, 0) is 24.1 Å². The summed E-state index contributed by atoms with van der Waals surface area (Å²) in [6, 6.07) is 4.63. The second-order valence-corrected chi connectivity index (χ2v) is 3.77. The van der Waals surface area contributed by atoms with Crippen LogP contribution < -0.4 is 16.8 Å². The van der Waals surface area contributed by atoms with Crippen LogP contribution in [0.4, 0.5) is 0 Å². The minimum absolute atomic E-state index is 0.222. The summed E-state index contributed by atoms with van der Waals surface area (Å²) >= 11 is 0. The normalized spacial score (nSPS) is 12.6. The van der Waals surface area contributed by atoms with Crippen LogP contribution in [0.3, 0.4) is 0 Å². The Balaban J connectivity index is 2.24. The molecule has 0 saturated heterocycles. The summed E-state index contributed by atoms with van der Waals surface area (Å²) in [5, 5.41) is 2.48. The number of rotatable bonds is 3. The third kappa shape index (κ3) is 2.36. The van der Waals surface area contributed by atoms with Gasteiger partial charge in [-0.1, -0.05) is 6.07 Å². The first-order chi connectivity index (χ1) is 8.10. The van der Waals surface area contributed by atoms with E-state index in [4.69, 9.17) is 10.2 Å². The number of hydrogen-bond donors (Lipinski definition) is 3. The number of nitrogens with one attached hydrogen (secondary N) is 2.